The van der Waals surface area contributed by atoms with Crippen molar-refractivity contribution in [2.45, 2.75) is 17.7 Å². The maximum atomic E-state index is 5.88. The number of hydrogen-bond acceptors (Lipinski definition) is 1. The summed E-state index contributed by atoms with van der Waals surface area (Å²) in [5.41, 5.74) is 1.28. The van der Waals surface area contributed by atoms with Crippen molar-refractivity contribution < 1.29 is 4.74 Å². The zero-order chi connectivity index (χ0) is 10.4. The first-order valence-corrected chi connectivity index (χ1v) is 5.89. The summed E-state index contributed by atoms with van der Waals surface area (Å²) in [7, 11) is 1.72. The van der Waals surface area contributed by atoms with Crippen molar-refractivity contribution in [1.29, 1.82) is 0 Å². The third-order valence-corrected chi connectivity index (χ3v) is 2.94. The quantitative estimate of drug-likeness (QED) is 0.746. The Hall–Kier alpha value is -0.0500. The van der Waals surface area contributed by atoms with Crippen LogP contribution in [-0.4, -0.2) is 18.5 Å². The molecule has 0 spiro atoms. The van der Waals surface area contributed by atoms with Gasteiger partial charge in [-0.2, -0.15) is 0 Å². The Morgan fingerprint density at radius 3 is 2.93 bits per heavy atom. The largest absolute Gasteiger partial charge is 0.384 e. The second-order valence-corrected chi connectivity index (χ2v) is 4.95. The van der Waals surface area contributed by atoms with E-state index < -0.39 is 0 Å². The van der Waals surface area contributed by atoms with E-state index in [1.165, 1.54) is 5.56 Å². The predicted molar refractivity (Wildman–Crippen MR) is 64.4 cm³/mol. The summed E-state index contributed by atoms with van der Waals surface area (Å²) in [4.78, 5) is 0.423. The fourth-order valence-corrected chi connectivity index (χ4v) is 1.99. The number of halogens is 2. The molecule has 14 heavy (non-hydrogen) atoms. The minimum atomic E-state index is 0.423. The first-order valence-electron chi connectivity index (χ1n) is 4.60. The van der Waals surface area contributed by atoms with Crippen LogP contribution in [0.15, 0.2) is 24.3 Å². The lowest BCUT2D eigenvalue weighted by molar-refractivity contribution is 0.198. The number of benzene rings is 1. The van der Waals surface area contributed by atoms with E-state index in [1.54, 1.807) is 7.11 Å². The van der Waals surface area contributed by atoms with E-state index in [-0.39, 0.29) is 0 Å². The molecular formula is C11H14BrClO. The maximum Gasteiger partial charge on any atom is 0.0587 e. The Labute approximate surface area is 98.5 Å². The highest BCUT2D eigenvalue weighted by Crippen LogP contribution is 2.15. The van der Waals surface area contributed by atoms with Crippen LogP contribution in [0.25, 0.3) is 0 Å². The molecule has 1 rings (SSSR count). The molecule has 1 unspecified atom stereocenters. The van der Waals surface area contributed by atoms with Gasteiger partial charge in [0.15, 0.2) is 0 Å². The molecule has 1 aromatic carbocycles. The highest BCUT2D eigenvalue weighted by molar-refractivity contribution is 9.09. The Morgan fingerprint density at radius 1 is 1.50 bits per heavy atom. The van der Waals surface area contributed by atoms with Crippen LogP contribution in [0, 0.1) is 0 Å². The first-order chi connectivity index (χ1) is 6.72. The molecule has 3 heteroatoms. The molecule has 0 amide bonds. The molecule has 0 bridgehead atoms. The average molecular weight is 278 g/mol. The maximum absolute atomic E-state index is 5.88. The molecule has 0 saturated carbocycles. The number of hydrogen-bond donors (Lipinski definition) is 0. The van der Waals surface area contributed by atoms with Crippen molar-refractivity contribution >= 4 is 27.5 Å². The summed E-state index contributed by atoms with van der Waals surface area (Å²) in [5, 5.41) is 0.806. The van der Waals surface area contributed by atoms with Gasteiger partial charge in [-0.1, -0.05) is 39.7 Å². The summed E-state index contributed by atoms with van der Waals surface area (Å²) in [6.07, 6.45) is 2.09. The molecule has 0 aliphatic carbocycles. The van der Waals surface area contributed by atoms with Crippen LogP contribution in [0.4, 0.5) is 0 Å². The number of methoxy groups -OCH3 is 1. The summed E-state index contributed by atoms with van der Waals surface area (Å²) in [6, 6.07) is 7.98. The lowest BCUT2D eigenvalue weighted by atomic mass is 10.1. The molecule has 0 aliphatic heterocycles. The normalized spacial score (nSPS) is 12.8. The van der Waals surface area contributed by atoms with Gasteiger partial charge in [-0.25, -0.2) is 0 Å². The Bertz CT molecular complexity index is 278. The highest BCUT2D eigenvalue weighted by atomic mass is 79.9. The molecule has 1 aromatic rings. The topological polar surface area (TPSA) is 9.23 Å². The zero-order valence-corrected chi connectivity index (χ0v) is 10.5. The molecule has 1 nitrogen and oxygen atoms in total. The molecule has 0 heterocycles. The monoisotopic (exact) mass is 276 g/mol. The molecule has 0 aliphatic rings. The van der Waals surface area contributed by atoms with Crippen molar-refractivity contribution in [3.63, 3.8) is 0 Å². The second-order valence-electron chi connectivity index (χ2n) is 3.22. The van der Waals surface area contributed by atoms with E-state index in [1.807, 2.05) is 18.2 Å². The van der Waals surface area contributed by atoms with Crippen molar-refractivity contribution in [3.8, 4) is 0 Å². The predicted octanol–water partition coefficient (Wildman–Crippen LogP) is 3.68. The van der Waals surface area contributed by atoms with Gasteiger partial charge >= 0.3 is 0 Å². The van der Waals surface area contributed by atoms with Crippen LogP contribution in [-0.2, 0) is 11.2 Å². The van der Waals surface area contributed by atoms with Gasteiger partial charge in [0.25, 0.3) is 0 Å². The SMILES string of the molecule is COCC(Br)CCc1cccc(Cl)c1. The minimum Gasteiger partial charge on any atom is -0.384 e. The fourth-order valence-electron chi connectivity index (χ4n) is 1.28. The summed E-state index contributed by atoms with van der Waals surface area (Å²) >= 11 is 9.44. The van der Waals surface area contributed by atoms with Crippen LogP contribution in [0.3, 0.4) is 0 Å². The van der Waals surface area contributed by atoms with Gasteiger partial charge in [0, 0.05) is 17.0 Å². The lowest BCUT2D eigenvalue weighted by Gasteiger charge is -2.08. The van der Waals surface area contributed by atoms with Crippen LogP contribution < -0.4 is 0 Å². The van der Waals surface area contributed by atoms with Crippen molar-refractivity contribution in [2.75, 3.05) is 13.7 Å². The molecule has 0 radical (unpaired) electrons. The number of alkyl halides is 1. The van der Waals surface area contributed by atoms with Crippen LogP contribution in [0.2, 0.25) is 5.02 Å². The van der Waals surface area contributed by atoms with Gasteiger partial charge in [0.05, 0.1) is 6.61 Å². The Kier molecular flexibility index (Phi) is 5.53. The smallest absolute Gasteiger partial charge is 0.0587 e. The van der Waals surface area contributed by atoms with Gasteiger partial charge in [0.1, 0.15) is 0 Å². The van der Waals surface area contributed by atoms with E-state index in [4.69, 9.17) is 16.3 Å². The number of ether oxygens (including phenoxy) is 1. The van der Waals surface area contributed by atoms with E-state index in [9.17, 15) is 0 Å². The van der Waals surface area contributed by atoms with Gasteiger partial charge in [-0.15, -0.1) is 0 Å². The van der Waals surface area contributed by atoms with Gasteiger partial charge < -0.3 is 4.74 Å². The Balaban J connectivity index is 2.37. The van der Waals surface area contributed by atoms with E-state index in [0.717, 1.165) is 24.5 Å². The van der Waals surface area contributed by atoms with Crippen LogP contribution in [0.1, 0.15) is 12.0 Å². The number of rotatable bonds is 5. The fraction of sp³-hybridized carbons (Fsp3) is 0.455. The summed E-state index contributed by atoms with van der Waals surface area (Å²) in [5.74, 6) is 0. The molecule has 0 aromatic heterocycles. The first kappa shape index (κ1) is 12.0. The van der Waals surface area contributed by atoms with Gasteiger partial charge in [-0.3, -0.25) is 0 Å². The van der Waals surface area contributed by atoms with Gasteiger partial charge in [-0.05, 0) is 30.5 Å². The van der Waals surface area contributed by atoms with Crippen LogP contribution >= 0.6 is 27.5 Å². The zero-order valence-electron chi connectivity index (χ0n) is 8.17. The van der Waals surface area contributed by atoms with Crippen LogP contribution in [0.5, 0.6) is 0 Å². The average Bonchev–Trinajstić information content (AvgIpc) is 2.15. The van der Waals surface area contributed by atoms with Crippen molar-refractivity contribution in [2.24, 2.45) is 0 Å². The summed E-state index contributed by atoms with van der Waals surface area (Å²) in [6.45, 7) is 0.751. The van der Waals surface area contributed by atoms with E-state index in [2.05, 4.69) is 22.0 Å². The molecular weight excluding hydrogens is 263 g/mol. The lowest BCUT2D eigenvalue weighted by Crippen LogP contribution is -2.07. The molecule has 78 valence electrons. The minimum absolute atomic E-state index is 0.423. The molecule has 0 saturated heterocycles. The van der Waals surface area contributed by atoms with E-state index in [0.29, 0.717) is 4.83 Å². The molecule has 0 N–H and O–H groups in total. The third-order valence-electron chi connectivity index (χ3n) is 1.98. The summed E-state index contributed by atoms with van der Waals surface area (Å²) < 4.78 is 5.04. The van der Waals surface area contributed by atoms with Crippen molar-refractivity contribution in [3.05, 3.63) is 34.9 Å². The Morgan fingerprint density at radius 2 is 2.29 bits per heavy atom. The highest BCUT2D eigenvalue weighted by Gasteiger charge is 2.03. The standard InChI is InChI=1S/C11H14BrClO/c1-14-8-10(12)6-5-9-3-2-4-11(13)7-9/h2-4,7,10H,5-6,8H2,1H3. The van der Waals surface area contributed by atoms with E-state index >= 15 is 0 Å². The number of aryl methyl sites for hydroxylation is 1. The third kappa shape index (κ3) is 4.45. The van der Waals surface area contributed by atoms with Crippen molar-refractivity contribution in [1.82, 2.24) is 0 Å². The second kappa shape index (κ2) is 6.44. The molecule has 0 fully saturated rings. The van der Waals surface area contributed by atoms with Gasteiger partial charge in [0.2, 0.25) is 0 Å². The molecule has 1 atom stereocenters.